The summed E-state index contributed by atoms with van der Waals surface area (Å²) in [6.07, 6.45) is 4.90. The number of nitrogens with zero attached hydrogens (tertiary/aromatic N) is 2. The normalized spacial score (nSPS) is 18.4. The van der Waals surface area contributed by atoms with Crippen LogP contribution in [-0.2, 0) is 0 Å². The summed E-state index contributed by atoms with van der Waals surface area (Å²) in [4.78, 5) is 6.70. The average molecular weight is 353 g/mol. The van der Waals surface area contributed by atoms with Crippen molar-refractivity contribution < 1.29 is 0 Å². The Kier molecular flexibility index (Phi) is 9.00. The zero-order valence-corrected chi connectivity index (χ0v) is 13.8. The molecule has 102 valence electrons. The Morgan fingerprint density at radius 3 is 2.47 bits per heavy atom. The van der Waals surface area contributed by atoms with Crippen LogP contribution in [0, 0.1) is 11.8 Å². The maximum Gasteiger partial charge on any atom is 0.191 e. The van der Waals surface area contributed by atoms with E-state index in [1.807, 2.05) is 0 Å². The Morgan fingerprint density at radius 1 is 1.35 bits per heavy atom. The largest absolute Gasteiger partial charge is 0.370 e. The first-order valence-electron chi connectivity index (χ1n) is 6.64. The van der Waals surface area contributed by atoms with Crippen LogP contribution in [0.3, 0.4) is 0 Å². The third-order valence-corrected chi connectivity index (χ3v) is 3.32. The van der Waals surface area contributed by atoms with Gasteiger partial charge in [-0.1, -0.05) is 20.8 Å². The molecule has 0 aromatic heterocycles. The van der Waals surface area contributed by atoms with Crippen molar-refractivity contribution in [2.45, 2.75) is 46.5 Å². The first kappa shape index (κ1) is 17.0. The fraction of sp³-hybridized carbons (Fsp3) is 0.923. The van der Waals surface area contributed by atoms with Crippen LogP contribution in [-0.4, -0.2) is 30.5 Å². The third-order valence-electron chi connectivity index (χ3n) is 3.32. The number of guanidine groups is 1. The summed E-state index contributed by atoms with van der Waals surface area (Å²) >= 11 is 0. The Balaban J connectivity index is 0.00000256. The molecule has 1 rings (SSSR count). The lowest BCUT2D eigenvalue weighted by molar-refractivity contribution is 0.277. The first-order chi connectivity index (χ1) is 7.59. The van der Waals surface area contributed by atoms with Gasteiger partial charge in [-0.25, -0.2) is 0 Å². The zero-order valence-electron chi connectivity index (χ0n) is 11.5. The maximum atomic E-state index is 5.99. The van der Waals surface area contributed by atoms with E-state index in [4.69, 9.17) is 5.73 Å². The predicted molar refractivity (Wildman–Crippen MR) is 85.9 cm³/mol. The number of piperidine rings is 1. The minimum Gasteiger partial charge on any atom is -0.370 e. The highest BCUT2D eigenvalue weighted by Crippen LogP contribution is 2.15. The van der Waals surface area contributed by atoms with Crippen LogP contribution in [0.1, 0.15) is 46.5 Å². The molecule has 0 spiro atoms. The molecule has 0 radical (unpaired) electrons. The molecular formula is C13H28IN3. The minimum absolute atomic E-state index is 0. The van der Waals surface area contributed by atoms with Gasteiger partial charge in [0, 0.05) is 19.6 Å². The molecule has 2 N–H and O–H groups in total. The molecule has 0 aromatic rings. The molecule has 1 heterocycles. The van der Waals surface area contributed by atoms with Gasteiger partial charge < -0.3 is 10.6 Å². The molecule has 0 saturated carbocycles. The molecule has 0 aromatic carbocycles. The van der Waals surface area contributed by atoms with Crippen molar-refractivity contribution in [3.63, 3.8) is 0 Å². The van der Waals surface area contributed by atoms with Crippen LogP contribution in [0.15, 0.2) is 4.99 Å². The number of halogens is 1. The van der Waals surface area contributed by atoms with E-state index in [1.54, 1.807) is 0 Å². The van der Waals surface area contributed by atoms with Gasteiger partial charge in [0.05, 0.1) is 0 Å². The second kappa shape index (κ2) is 9.00. The Morgan fingerprint density at radius 2 is 1.94 bits per heavy atom. The lowest BCUT2D eigenvalue weighted by Crippen LogP contribution is -2.42. The smallest absolute Gasteiger partial charge is 0.191 e. The molecule has 1 aliphatic rings. The molecule has 1 fully saturated rings. The maximum absolute atomic E-state index is 5.99. The fourth-order valence-corrected chi connectivity index (χ4v) is 2.03. The van der Waals surface area contributed by atoms with Gasteiger partial charge in [-0.3, -0.25) is 4.99 Å². The van der Waals surface area contributed by atoms with Crippen LogP contribution in [0.25, 0.3) is 0 Å². The van der Waals surface area contributed by atoms with E-state index >= 15 is 0 Å². The van der Waals surface area contributed by atoms with Gasteiger partial charge in [-0.05, 0) is 37.5 Å². The van der Waals surface area contributed by atoms with Gasteiger partial charge >= 0.3 is 0 Å². The topological polar surface area (TPSA) is 41.6 Å². The summed E-state index contributed by atoms with van der Waals surface area (Å²) < 4.78 is 0. The first-order valence-corrected chi connectivity index (χ1v) is 6.64. The number of rotatable bonds is 4. The Labute approximate surface area is 123 Å². The SMILES string of the molecule is CC(C)CCCN=C(N)N1CCC(C)CC1.I. The summed E-state index contributed by atoms with van der Waals surface area (Å²) in [6, 6.07) is 0. The van der Waals surface area contributed by atoms with Crippen LogP contribution in [0.5, 0.6) is 0 Å². The van der Waals surface area contributed by atoms with Crippen molar-refractivity contribution in [1.82, 2.24) is 4.90 Å². The number of aliphatic imine (C=N–C) groups is 1. The van der Waals surface area contributed by atoms with Crippen molar-refractivity contribution >= 4 is 29.9 Å². The van der Waals surface area contributed by atoms with Crippen molar-refractivity contribution in [1.29, 1.82) is 0 Å². The number of hydrogen-bond acceptors (Lipinski definition) is 1. The standard InChI is InChI=1S/C13H27N3.HI/c1-11(2)5-4-8-15-13(14)16-9-6-12(3)7-10-16;/h11-12H,4-10H2,1-3H3,(H2,14,15);1H. The molecule has 1 aliphatic heterocycles. The Bertz CT molecular complexity index is 221. The van der Waals surface area contributed by atoms with E-state index in [2.05, 4.69) is 30.7 Å². The van der Waals surface area contributed by atoms with Crippen molar-refractivity contribution in [2.75, 3.05) is 19.6 Å². The average Bonchev–Trinajstić information content (AvgIpc) is 2.25. The van der Waals surface area contributed by atoms with E-state index in [0.717, 1.165) is 43.9 Å². The number of nitrogens with two attached hydrogens (primary N) is 1. The lowest BCUT2D eigenvalue weighted by atomic mass is 10.00. The van der Waals surface area contributed by atoms with Gasteiger partial charge in [0.1, 0.15) is 0 Å². The molecule has 17 heavy (non-hydrogen) atoms. The van der Waals surface area contributed by atoms with E-state index < -0.39 is 0 Å². The molecule has 0 unspecified atom stereocenters. The van der Waals surface area contributed by atoms with Gasteiger partial charge in [0.25, 0.3) is 0 Å². The summed E-state index contributed by atoms with van der Waals surface area (Å²) in [5, 5.41) is 0. The molecule has 0 bridgehead atoms. The molecule has 0 atom stereocenters. The van der Waals surface area contributed by atoms with Gasteiger partial charge in [-0.15, -0.1) is 24.0 Å². The Hall–Kier alpha value is 0. The van der Waals surface area contributed by atoms with Crippen LogP contribution >= 0.6 is 24.0 Å². The second-order valence-electron chi connectivity index (χ2n) is 5.45. The third kappa shape index (κ3) is 7.11. The summed E-state index contributed by atoms with van der Waals surface area (Å²) in [6.45, 7) is 9.86. The lowest BCUT2D eigenvalue weighted by Gasteiger charge is -2.31. The predicted octanol–water partition coefficient (Wildman–Crippen LogP) is 3.09. The van der Waals surface area contributed by atoms with E-state index in [9.17, 15) is 0 Å². The number of hydrogen-bond donors (Lipinski definition) is 1. The fourth-order valence-electron chi connectivity index (χ4n) is 2.03. The highest BCUT2D eigenvalue weighted by atomic mass is 127. The molecule has 4 heteroatoms. The molecule has 0 aliphatic carbocycles. The molecule has 1 saturated heterocycles. The minimum atomic E-state index is 0. The highest BCUT2D eigenvalue weighted by molar-refractivity contribution is 14.0. The number of likely N-dealkylation sites (tertiary alicyclic amines) is 1. The zero-order chi connectivity index (χ0) is 12.0. The summed E-state index contributed by atoms with van der Waals surface area (Å²) in [5.41, 5.74) is 5.99. The van der Waals surface area contributed by atoms with Gasteiger partial charge in [0.2, 0.25) is 0 Å². The second-order valence-corrected chi connectivity index (χ2v) is 5.45. The van der Waals surface area contributed by atoms with Gasteiger partial charge in [0.15, 0.2) is 5.96 Å². The van der Waals surface area contributed by atoms with Crippen LogP contribution in [0.2, 0.25) is 0 Å². The monoisotopic (exact) mass is 353 g/mol. The summed E-state index contributed by atoms with van der Waals surface area (Å²) in [7, 11) is 0. The quantitative estimate of drug-likeness (QED) is 0.365. The van der Waals surface area contributed by atoms with Crippen molar-refractivity contribution in [3.05, 3.63) is 0 Å². The van der Waals surface area contributed by atoms with Crippen LogP contribution < -0.4 is 5.73 Å². The van der Waals surface area contributed by atoms with Gasteiger partial charge in [-0.2, -0.15) is 0 Å². The van der Waals surface area contributed by atoms with Crippen molar-refractivity contribution in [3.8, 4) is 0 Å². The van der Waals surface area contributed by atoms with E-state index in [0.29, 0.717) is 0 Å². The van der Waals surface area contributed by atoms with E-state index in [1.165, 1.54) is 19.3 Å². The molecule has 0 amide bonds. The van der Waals surface area contributed by atoms with Crippen molar-refractivity contribution in [2.24, 2.45) is 22.6 Å². The van der Waals surface area contributed by atoms with E-state index in [-0.39, 0.29) is 24.0 Å². The highest BCUT2D eigenvalue weighted by Gasteiger charge is 2.16. The molecule has 3 nitrogen and oxygen atoms in total. The molecular weight excluding hydrogens is 325 g/mol. The van der Waals surface area contributed by atoms with Crippen LogP contribution in [0.4, 0.5) is 0 Å². The summed E-state index contributed by atoms with van der Waals surface area (Å²) in [5.74, 6) is 2.38.